The van der Waals surface area contributed by atoms with E-state index in [9.17, 15) is 0 Å². The lowest BCUT2D eigenvalue weighted by Gasteiger charge is -2.10. The van der Waals surface area contributed by atoms with Crippen molar-refractivity contribution in [3.8, 4) is 5.75 Å². The van der Waals surface area contributed by atoms with Gasteiger partial charge in [-0.25, -0.2) is 0 Å². The first-order valence-electron chi connectivity index (χ1n) is 7.50. The molecule has 0 aliphatic heterocycles. The lowest BCUT2D eigenvalue weighted by atomic mass is 10.1. The van der Waals surface area contributed by atoms with Crippen molar-refractivity contribution in [1.29, 1.82) is 0 Å². The highest BCUT2D eigenvalue weighted by atomic mass is 35.6. The fourth-order valence-electron chi connectivity index (χ4n) is 1.91. The van der Waals surface area contributed by atoms with Crippen LogP contribution in [0, 0.1) is 0 Å². The van der Waals surface area contributed by atoms with Crippen molar-refractivity contribution in [1.82, 2.24) is 0 Å². The molecule has 0 atom stereocenters. The zero-order valence-electron chi connectivity index (χ0n) is 13.5. The second kappa shape index (κ2) is 11.0. The van der Waals surface area contributed by atoms with Crippen molar-refractivity contribution in [2.24, 2.45) is 0 Å². The Morgan fingerprint density at radius 1 is 1.04 bits per heavy atom. The minimum Gasteiger partial charge on any atom is -0.468 e. The van der Waals surface area contributed by atoms with E-state index in [-0.39, 0.29) is 6.79 Å². The standard InChI is InChI=1S/C18H23Cl3O2/c1-15(7-6-8-16(2)13-18(19,20)21)11-12-22-14-23-17-9-4-3-5-10-17/h3-5,8-11H,6-7,12-14H2,1-2H3/b15-11+,16-8+. The van der Waals surface area contributed by atoms with Crippen LogP contribution in [0.15, 0.2) is 53.6 Å². The van der Waals surface area contributed by atoms with Crippen LogP contribution in [0.1, 0.15) is 33.1 Å². The number of benzene rings is 1. The third-order valence-electron chi connectivity index (χ3n) is 3.11. The summed E-state index contributed by atoms with van der Waals surface area (Å²) >= 11 is 17.3. The molecule has 0 aromatic heterocycles. The number of halogens is 3. The SMILES string of the molecule is C/C(=C\COCOc1ccccc1)CC/C=C(\C)CC(Cl)(Cl)Cl. The van der Waals surface area contributed by atoms with E-state index in [1.165, 1.54) is 5.57 Å². The highest BCUT2D eigenvalue weighted by molar-refractivity contribution is 6.67. The molecule has 0 bridgehead atoms. The first kappa shape index (κ1) is 20.4. The van der Waals surface area contributed by atoms with E-state index >= 15 is 0 Å². The highest BCUT2D eigenvalue weighted by Gasteiger charge is 2.19. The molecule has 1 rings (SSSR count). The quantitative estimate of drug-likeness (QED) is 0.212. The minimum absolute atomic E-state index is 0.246. The van der Waals surface area contributed by atoms with Crippen LogP contribution in [0.5, 0.6) is 5.75 Å². The largest absolute Gasteiger partial charge is 0.468 e. The number of allylic oxidation sites excluding steroid dienone is 3. The number of para-hydroxylation sites is 1. The Balaban J connectivity index is 2.16. The number of hydrogen-bond donors (Lipinski definition) is 0. The molecule has 5 heteroatoms. The van der Waals surface area contributed by atoms with Gasteiger partial charge in [0.25, 0.3) is 0 Å². The van der Waals surface area contributed by atoms with Crippen LogP contribution >= 0.6 is 34.8 Å². The molecule has 0 heterocycles. The van der Waals surface area contributed by atoms with Crippen molar-refractivity contribution >= 4 is 34.8 Å². The van der Waals surface area contributed by atoms with E-state index in [0.29, 0.717) is 13.0 Å². The van der Waals surface area contributed by atoms with Gasteiger partial charge in [0, 0.05) is 6.42 Å². The minimum atomic E-state index is -1.21. The second-order valence-corrected chi connectivity index (χ2v) is 7.89. The van der Waals surface area contributed by atoms with Gasteiger partial charge in [-0.05, 0) is 38.8 Å². The van der Waals surface area contributed by atoms with Crippen LogP contribution in [-0.4, -0.2) is 17.2 Å². The van der Waals surface area contributed by atoms with Crippen molar-refractivity contribution in [2.45, 2.75) is 36.9 Å². The molecule has 2 nitrogen and oxygen atoms in total. The fourth-order valence-corrected chi connectivity index (χ4v) is 2.54. The summed E-state index contributed by atoms with van der Waals surface area (Å²) in [6, 6.07) is 9.60. The third kappa shape index (κ3) is 11.5. The van der Waals surface area contributed by atoms with E-state index < -0.39 is 3.79 Å². The molecule has 0 saturated carbocycles. The zero-order chi connectivity index (χ0) is 17.1. The van der Waals surface area contributed by atoms with Crippen LogP contribution in [0.4, 0.5) is 0 Å². The topological polar surface area (TPSA) is 18.5 Å². The lowest BCUT2D eigenvalue weighted by Crippen LogP contribution is -2.03. The fraction of sp³-hybridized carbons (Fsp3) is 0.444. The molecule has 0 unspecified atom stereocenters. The maximum atomic E-state index is 5.76. The van der Waals surface area contributed by atoms with E-state index in [1.54, 1.807) is 0 Å². The molecule has 0 radical (unpaired) electrons. The molecule has 23 heavy (non-hydrogen) atoms. The Labute approximate surface area is 154 Å². The van der Waals surface area contributed by atoms with Crippen LogP contribution in [0.2, 0.25) is 0 Å². The normalized spacial score (nSPS) is 13.3. The van der Waals surface area contributed by atoms with Crippen LogP contribution < -0.4 is 4.74 Å². The molecule has 0 amide bonds. The van der Waals surface area contributed by atoms with Crippen LogP contribution in [0.3, 0.4) is 0 Å². The molecule has 0 aliphatic rings. The number of rotatable bonds is 9. The van der Waals surface area contributed by atoms with Crippen LogP contribution in [0.25, 0.3) is 0 Å². The molecule has 1 aromatic carbocycles. The Bertz CT molecular complexity index is 505. The summed E-state index contributed by atoms with van der Waals surface area (Å²) in [5.74, 6) is 0.808. The number of hydrogen-bond acceptors (Lipinski definition) is 2. The van der Waals surface area contributed by atoms with Crippen molar-refractivity contribution < 1.29 is 9.47 Å². The van der Waals surface area contributed by atoms with Gasteiger partial charge in [0.05, 0.1) is 6.61 Å². The van der Waals surface area contributed by atoms with E-state index in [1.807, 2.05) is 37.3 Å². The van der Waals surface area contributed by atoms with E-state index in [2.05, 4.69) is 19.1 Å². The Morgan fingerprint density at radius 3 is 2.39 bits per heavy atom. The molecule has 128 valence electrons. The van der Waals surface area contributed by atoms with Gasteiger partial charge in [-0.2, -0.15) is 0 Å². The average molecular weight is 378 g/mol. The summed E-state index contributed by atoms with van der Waals surface area (Å²) in [7, 11) is 0. The Kier molecular flexibility index (Phi) is 9.73. The Morgan fingerprint density at radius 2 is 1.74 bits per heavy atom. The van der Waals surface area contributed by atoms with Gasteiger partial charge in [0.15, 0.2) is 10.6 Å². The van der Waals surface area contributed by atoms with Gasteiger partial charge in [0.1, 0.15) is 5.75 Å². The van der Waals surface area contributed by atoms with Gasteiger partial charge in [0.2, 0.25) is 0 Å². The summed E-state index contributed by atoms with van der Waals surface area (Å²) < 4.78 is 9.67. The van der Waals surface area contributed by atoms with Crippen LogP contribution in [-0.2, 0) is 4.74 Å². The van der Waals surface area contributed by atoms with E-state index in [0.717, 1.165) is 24.2 Å². The van der Waals surface area contributed by atoms with Gasteiger partial charge in [-0.3, -0.25) is 0 Å². The summed E-state index contributed by atoms with van der Waals surface area (Å²) in [4.78, 5) is 0. The van der Waals surface area contributed by atoms with Gasteiger partial charge in [-0.1, -0.05) is 76.3 Å². The number of ether oxygens (including phenoxy) is 2. The molecule has 0 fully saturated rings. The molecular weight excluding hydrogens is 355 g/mol. The molecule has 0 saturated heterocycles. The number of alkyl halides is 3. The molecule has 1 aromatic rings. The summed E-state index contributed by atoms with van der Waals surface area (Å²) in [5.41, 5.74) is 2.35. The zero-order valence-corrected chi connectivity index (χ0v) is 15.8. The van der Waals surface area contributed by atoms with Crippen molar-refractivity contribution in [3.63, 3.8) is 0 Å². The molecule has 0 aliphatic carbocycles. The lowest BCUT2D eigenvalue weighted by molar-refractivity contribution is 0.0304. The van der Waals surface area contributed by atoms with Crippen molar-refractivity contribution in [2.75, 3.05) is 13.4 Å². The maximum absolute atomic E-state index is 5.76. The first-order chi connectivity index (χ1) is 10.9. The first-order valence-corrected chi connectivity index (χ1v) is 8.64. The Hall–Kier alpha value is -0.670. The summed E-state index contributed by atoms with van der Waals surface area (Å²) in [6.45, 7) is 4.84. The molecule has 0 N–H and O–H groups in total. The second-order valence-electron chi connectivity index (χ2n) is 5.38. The molecule has 0 spiro atoms. The maximum Gasteiger partial charge on any atom is 0.194 e. The van der Waals surface area contributed by atoms with E-state index in [4.69, 9.17) is 44.3 Å². The van der Waals surface area contributed by atoms with Gasteiger partial charge in [-0.15, -0.1) is 0 Å². The summed E-state index contributed by atoms with van der Waals surface area (Å²) in [6.07, 6.45) is 6.51. The van der Waals surface area contributed by atoms with Crippen molar-refractivity contribution in [3.05, 3.63) is 53.6 Å². The smallest absolute Gasteiger partial charge is 0.194 e. The highest BCUT2D eigenvalue weighted by Crippen LogP contribution is 2.33. The predicted octanol–water partition coefficient (Wildman–Crippen LogP) is 6.47. The third-order valence-corrected chi connectivity index (χ3v) is 3.51. The monoisotopic (exact) mass is 376 g/mol. The van der Waals surface area contributed by atoms with Gasteiger partial charge >= 0.3 is 0 Å². The predicted molar refractivity (Wildman–Crippen MR) is 99.5 cm³/mol. The average Bonchev–Trinajstić information content (AvgIpc) is 2.46. The molecular formula is C18H23Cl3O2. The van der Waals surface area contributed by atoms with Gasteiger partial charge < -0.3 is 9.47 Å². The summed E-state index contributed by atoms with van der Waals surface area (Å²) in [5, 5.41) is 0.